The van der Waals surface area contributed by atoms with Gasteiger partial charge in [0.1, 0.15) is 5.60 Å². The Bertz CT molecular complexity index is 1400. The summed E-state index contributed by atoms with van der Waals surface area (Å²) in [6.07, 6.45) is 9.52. The van der Waals surface area contributed by atoms with E-state index in [0.29, 0.717) is 55.2 Å². The van der Waals surface area contributed by atoms with Gasteiger partial charge in [0, 0.05) is 18.4 Å². The van der Waals surface area contributed by atoms with Crippen molar-refractivity contribution in [1.82, 2.24) is 4.90 Å². The molecule has 0 aromatic heterocycles. The topological polar surface area (TPSA) is 104 Å². The molecular weight excluding hydrogens is 622 g/mol. The summed E-state index contributed by atoms with van der Waals surface area (Å²) in [5.41, 5.74) is -0.478. The van der Waals surface area contributed by atoms with Gasteiger partial charge < -0.3 is 33.7 Å². The fourth-order valence-electron chi connectivity index (χ4n) is 14.6. The minimum Gasteiger partial charge on any atom is -0.424 e. The van der Waals surface area contributed by atoms with Gasteiger partial charge in [0.15, 0.2) is 12.4 Å². The van der Waals surface area contributed by atoms with E-state index >= 15 is 0 Å². The van der Waals surface area contributed by atoms with Crippen molar-refractivity contribution in [3.63, 3.8) is 0 Å². The number of fused-ring (bicyclic) bond motifs is 4. The summed E-state index contributed by atoms with van der Waals surface area (Å²) in [5, 5.41) is 12.6. The fraction of sp³-hybridized carbons (Fsp3) is 0.950. The lowest BCUT2D eigenvalue weighted by atomic mass is 9.41. The molecule has 0 aromatic carbocycles. The third-order valence-corrected chi connectivity index (χ3v) is 17.2. The first-order valence-electron chi connectivity index (χ1n) is 19.9. The normalized spacial score (nSPS) is 53.6. The van der Waals surface area contributed by atoms with Crippen LogP contribution in [0.15, 0.2) is 0 Å². The molecule has 6 aliphatic carbocycles. The molecule has 0 bridgehead atoms. The van der Waals surface area contributed by atoms with Gasteiger partial charge in [0.05, 0.1) is 37.6 Å². The smallest absolute Gasteiger partial charge is 0.424 e. The van der Waals surface area contributed by atoms with Gasteiger partial charge in [0.25, 0.3) is 0 Å². The van der Waals surface area contributed by atoms with Crippen LogP contribution in [0.1, 0.15) is 119 Å². The van der Waals surface area contributed by atoms with Crippen molar-refractivity contribution in [2.45, 2.75) is 162 Å². The third-order valence-electron chi connectivity index (χ3n) is 17.2. The number of nitrogens with zero attached hydrogens (tertiary/aromatic N) is 1. The Kier molecular flexibility index (Phi) is 7.22. The van der Waals surface area contributed by atoms with E-state index in [1.54, 1.807) is 0 Å². The van der Waals surface area contributed by atoms with Crippen molar-refractivity contribution in [1.29, 1.82) is 0 Å². The van der Waals surface area contributed by atoms with Crippen LogP contribution in [0.3, 0.4) is 0 Å². The van der Waals surface area contributed by atoms with Crippen LogP contribution in [-0.2, 0) is 28.5 Å². The van der Waals surface area contributed by atoms with Crippen molar-refractivity contribution in [3.8, 4) is 0 Å². The minimum absolute atomic E-state index is 0.00124. The van der Waals surface area contributed by atoms with Crippen LogP contribution in [0.2, 0.25) is 0 Å². The Labute approximate surface area is 292 Å². The van der Waals surface area contributed by atoms with Crippen LogP contribution in [-0.4, -0.2) is 84.2 Å². The minimum atomic E-state index is -0.757. The molecule has 274 valence electrons. The molecule has 6 saturated carbocycles. The number of rotatable bonds is 5. The van der Waals surface area contributed by atoms with Crippen molar-refractivity contribution >= 4 is 12.1 Å². The van der Waals surface area contributed by atoms with Crippen LogP contribution in [0, 0.1) is 56.7 Å². The lowest BCUT2D eigenvalue weighted by Crippen LogP contribution is -2.60. The van der Waals surface area contributed by atoms with Crippen molar-refractivity contribution in [3.05, 3.63) is 0 Å². The van der Waals surface area contributed by atoms with E-state index in [9.17, 15) is 14.7 Å². The number of carbonyl (C=O) groups excluding carboxylic acids is 2. The lowest BCUT2D eigenvalue weighted by Gasteiger charge is -2.64. The highest BCUT2D eigenvalue weighted by molar-refractivity contribution is 5.76. The van der Waals surface area contributed by atoms with Gasteiger partial charge in [-0.3, -0.25) is 4.79 Å². The van der Waals surface area contributed by atoms with Crippen molar-refractivity contribution < 1.29 is 38.4 Å². The highest BCUT2D eigenvalue weighted by Gasteiger charge is 2.84. The van der Waals surface area contributed by atoms with Gasteiger partial charge in [-0.15, -0.1) is 0 Å². The molecule has 49 heavy (non-hydrogen) atoms. The van der Waals surface area contributed by atoms with Crippen LogP contribution in [0.4, 0.5) is 4.79 Å². The average molecular weight is 684 g/mol. The first-order chi connectivity index (χ1) is 23.1. The number of cyclic esters (lactones) is 2. The number of hydrogen-bond donors (Lipinski definition) is 1. The molecule has 2 spiro atoms. The molecule has 0 aromatic rings. The molecule has 9 fully saturated rings. The molecule has 1 amide bonds. The standard InChI is InChI=1S/C40H61NO8/c1-22-18-24(33-36(4,5)49-34(44)48-33)46-31-30(22)37(6)14-15-40-21-39(40)13-12-27(35(2,3)25(39)10-11-26(40)38(37,7)32(31)43)47-29-20-41(16-17-45-29)28(42)19-23-8-9-23/h22-27,29-33,43H,8-21H2,1-7H3/t22-,24?,25+,26?,27?,29+,30+,31?,32+,33+,37-,38-,39-,40+/m1/s1. The van der Waals surface area contributed by atoms with Gasteiger partial charge in [0.2, 0.25) is 5.91 Å². The molecule has 3 saturated heterocycles. The number of amides is 1. The maximum absolute atomic E-state index is 12.9. The van der Waals surface area contributed by atoms with Crippen LogP contribution in [0.5, 0.6) is 0 Å². The molecule has 3 heterocycles. The van der Waals surface area contributed by atoms with Crippen molar-refractivity contribution in [2.24, 2.45) is 56.7 Å². The predicted molar refractivity (Wildman–Crippen MR) is 180 cm³/mol. The van der Waals surface area contributed by atoms with E-state index in [0.717, 1.165) is 32.1 Å². The fourth-order valence-corrected chi connectivity index (χ4v) is 14.6. The van der Waals surface area contributed by atoms with Gasteiger partial charge in [-0.25, -0.2) is 4.79 Å². The summed E-state index contributed by atoms with van der Waals surface area (Å²) < 4.78 is 31.1. The number of morpholine rings is 1. The second-order valence-corrected chi connectivity index (χ2v) is 20.0. The monoisotopic (exact) mass is 683 g/mol. The summed E-state index contributed by atoms with van der Waals surface area (Å²) >= 11 is 0. The Morgan fingerprint density at radius 1 is 0.980 bits per heavy atom. The zero-order valence-corrected chi connectivity index (χ0v) is 31.0. The molecule has 3 aliphatic heterocycles. The molecule has 9 heteroatoms. The van der Waals surface area contributed by atoms with Gasteiger partial charge in [-0.1, -0.05) is 34.6 Å². The largest absolute Gasteiger partial charge is 0.509 e. The summed E-state index contributed by atoms with van der Waals surface area (Å²) in [6.45, 7) is 17.7. The highest BCUT2D eigenvalue weighted by Crippen LogP contribution is 2.89. The molecular formula is C40H61NO8. The summed E-state index contributed by atoms with van der Waals surface area (Å²) in [5.74, 6) is 2.48. The quantitative estimate of drug-likeness (QED) is 0.329. The number of aliphatic hydroxyl groups excluding tert-OH is 1. The van der Waals surface area contributed by atoms with Gasteiger partial charge in [-0.2, -0.15) is 0 Å². The Morgan fingerprint density at radius 3 is 2.43 bits per heavy atom. The average Bonchev–Trinajstić information content (AvgIpc) is 3.94. The first-order valence-corrected chi connectivity index (χ1v) is 19.9. The number of carbonyl (C=O) groups is 2. The maximum Gasteiger partial charge on any atom is 0.509 e. The summed E-state index contributed by atoms with van der Waals surface area (Å²) in [7, 11) is 0. The zero-order valence-electron chi connectivity index (χ0n) is 31.0. The van der Waals surface area contributed by atoms with Crippen molar-refractivity contribution in [2.75, 3.05) is 19.7 Å². The lowest BCUT2D eigenvalue weighted by molar-refractivity contribution is -0.248. The van der Waals surface area contributed by atoms with Gasteiger partial charge >= 0.3 is 6.16 Å². The second-order valence-electron chi connectivity index (χ2n) is 20.0. The van der Waals surface area contributed by atoms with E-state index < -0.39 is 24.0 Å². The SMILES string of the molecule is C[C@@H]1CC([C@@H]2OC(=O)OC2(C)C)OC2[C@H]1[C@@]1(C)CC[C@@]34C[C@@]35CCC(O[C@H]3CN(C(=O)CC6CC6)CCO3)C(C)(C)[C@@H]5CCC4[C@]1(C)[C@H]2O. The summed E-state index contributed by atoms with van der Waals surface area (Å²) in [4.78, 5) is 27.1. The Balaban J connectivity index is 0.936. The molecule has 9 rings (SSSR count). The van der Waals surface area contributed by atoms with E-state index in [-0.39, 0.29) is 58.1 Å². The number of hydrogen-bond acceptors (Lipinski definition) is 8. The molecule has 1 N–H and O–H groups in total. The van der Waals surface area contributed by atoms with E-state index in [1.807, 2.05) is 18.7 Å². The van der Waals surface area contributed by atoms with E-state index in [2.05, 4.69) is 34.6 Å². The Morgan fingerprint density at radius 2 is 1.71 bits per heavy atom. The second kappa shape index (κ2) is 10.6. The first kappa shape index (κ1) is 33.4. The highest BCUT2D eigenvalue weighted by atomic mass is 16.8. The molecule has 4 unspecified atom stereocenters. The molecule has 9 aliphatic rings. The zero-order chi connectivity index (χ0) is 34.5. The summed E-state index contributed by atoms with van der Waals surface area (Å²) in [6, 6.07) is 0. The van der Waals surface area contributed by atoms with E-state index in [4.69, 9.17) is 23.7 Å². The third kappa shape index (κ3) is 4.43. The van der Waals surface area contributed by atoms with Gasteiger partial charge in [-0.05, 0) is 129 Å². The molecule has 14 atom stereocenters. The van der Waals surface area contributed by atoms with Crippen LogP contribution >= 0.6 is 0 Å². The van der Waals surface area contributed by atoms with Crippen LogP contribution < -0.4 is 0 Å². The Hall–Kier alpha value is -1.42. The molecule has 0 radical (unpaired) electrons. The van der Waals surface area contributed by atoms with E-state index in [1.165, 1.54) is 32.1 Å². The predicted octanol–water partition coefficient (Wildman–Crippen LogP) is 6.48. The number of aliphatic hydroxyl groups is 1. The van der Waals surface area contributed by atoms with Crippen LogP contribution in [0.25, 0.3) is 0 Å². The number of ether oxygens (including phenoxy) is 5. The molecule has 9 nitrogen and oxygen atoms in total. The maximum atomic E-state index is 12.9.